The van der Waals surface area contributed by atoms with Crippen molar-refractivity contribution < 1.29 is 0 Å². The zero-order valence-electron chi connectivity index (χ0n) is 10.9. The number of benzene rings is 1. The third-order valence-corrected chi connectivity index (χ3v) is 4.18. The molecule has 1 aliphatic carbocycles. The van der Waals surface area contributed by atoms with E-state index in [4.69, 9.17) is 0 Å². The topological polar surface area (TPSA) is 3.24 Å². The third kappa shape index (κ3) is 2.30. The van der Waals surface area contributed by atoms with Crippen LogP contribution in [0.5, 0.6) is 0 Å². The molecule has 1 fully saturated rings. The molecule has 17 heavy (non-hydrogen) atoms. The molecule has 1 heteroatoms. The second kappa shape index (κ2) is 5.05. The van der Waals surface area contributed by atoms with Gasteiger partial charge in [-0.3, -0.25) is 4.90 Å². The normalized spacial score (nSPS) is 25.1. The molecule has 2 rings (SSSR count). The minimum Gasteiger partial charge on any atom is -0.300 e. The summed E-state index contributed by atoms with van der Waals surface area (Å²) in [6.07, 6.45) is 6.80. The van der Waals surface area contributed by atoms with Crippen LogP contribution in [0.3, 0.4) is 0 Å². The Morgan fingerprint density at radius 3 is 2.18 bits per heavy atom. The molecule has 0 aliphatic heterocycles. The highest BCUT2D eigenvalue weighted by molar-refractivity contribution is 5.27. The van der Waals surface area contributed by atoms with Crippen LogP contribution in [0, 0.1) is 6.92 Å². The molecule has 0 atom stereocenters. The van der Waals surface area contributed by atoms with Crippen molar-refractivity contribution in [3.8, 4) is 0 Å². The van der Waals surface area contributed by atoms with Crippen molar-refractivity contribution >= 4 is 0 Å². The van der Waals surface area contributed by atoms with E-state index in [1.165, 1.54) is 36.8 Å². The first-order chi connectivity index (χ1) is 8.19. The van der Waals surface area contributed by atoms with Gasteiger partial charge in [0.1, 0.15) is 0 Å². The van der Waals surface area contributed by atoms with Crippen LogP contribution in [-0.4, -0.2) is 19.0 Å². The zero-order valence-corrected chi connectivity index (χ0v) is 10.9. The SMILES string of the molecule is [CH2]C=C1CCC(c2ccccc2)(N(C)C)CC1. The Kier molecular flexibility index (Phi) is 3.68. The molecule has 0 aromatic heterocycles. The molecular formula is C16H22N. The Morgan fingerprint density at radius 1 is 1.12 bits per heavy atom. The maximum atomic E-state index is 3.90. The van der Waals surface area contributed by atoms with E-state index in [9.17, 15) is 0 Å². The van der Waals surface area contributed by atoms with Gasteiger partial charge in [0.05, 0.1) is 0 Å². The summed E-state index contributed by atoms with van der Waals surface area (Å²) < 4.78 is 0. The molecule has 0 heterocycles. The van der Waals surface area contributed by atoms with Gasteiger partial charge < -0.3 is 0 Å². The Morgan fingerprint density at radius 2 is 1.71 bits per heavy atom. The van der Waals surface area contributed by atoms with Gasteiger partial charge in [0, 0.05) is 5.54 Å². The first-order valence-corrected chi connectivity index (χ1v) is 6.39. The summed E-state index contributed by atoms with van der Waals surface area (Å²) in [7, 11) is 4.40. The zero-order chi connectivity index (χ0) is 12.3. The van der Waals surface area contributed by atoms with Crippen molar-refractivity contribution in [3.63, 3.8) is 0 Å². The van der Waals surface area contributed by atoms with Crippen molar-refractivity contribution in [2.24, 2.45) is 0 Å². The predicted molar refractivity (Wildman–Crippen MR) is 73.7 cm³/mol. The highest BCUT2D eigenvalue weighted by atomic mass is 15.1. The van der Waals surface area contributed by atoms with E-state index in [1.807, 2.05) is 6.08 Å². The first-order valence-electron chi connectivity index (χ1n) is 6.39. The Hall–Kier alpha value is -1.08. The fraction of sp³-hybridized carbons (Fsp3) is 0.438. The summed E-state index contributed by atoms with van der Waals surface area (Å²) in [4.78, 5) is 2.39. The van der Waals surface area contributed by atoms with Gasteiger partial charge in [0.25, 0.3) is 0 Å². The summed E-state index contributed by atoms with van der Waals surface area (Å²) in [5, 5.41) is 0. The van der Waals surface area contributed by atoms with Gasteiger partial charge in [0.2, 0.25) is 0 Å². The average molecular weight is 228 g/mol. The predicted octanol–water partition coefficient (Wildman–Crippen LogP) is 3.78. The lowest BCUT2D eigenvalue weighted by atomic mass is 9.74. The number of nitrogens with zero attached hydrogens (tertiary/aromatic N) is 1. The lowest BCUT2D eigenvalue weighted by Crippen LogP contribution is -2.43. The molecule has 0 unspecified atom stereocenters. The Labute approximate surface area is 105 Å². The number of allylic oxidation sites excluding steroid dienone is 2. The molecule has 1 saturated carbocycles. The summed E-state index contributed by atoms with van der Waals surface area (Å²) in [5.74, 6) is 0. The summed E-state index contributed by atoms with van der Waals surface area (Å²) in [6, 6.07) is 10.9. The second-order valence-electron chi connectivity index (χ2n) is 5.15. The molecule has 0 spiro atoms. The molecular weight excluding hydrogens is 206 g/mol. The van der Waals surface area contributed by atoms with Crippen LogP contribution in [0.15, 0.2) is 42.0 Å². The highest BCUT2D eigenvalue weighted by Gasteiger charge is 2.36. The van der Waals surface area contributed by atoms with E-state index in [0.717, 1.165) is 0 Å². The van der Waals surface area contributed by atoms with E-state index >= 15 is 0 Å². The van der Waals surface area contributed by atoms with Crippen LogP contribution in [0.4, 0.5) is 0 Å². The van der Waals surface area contributed by atoms with Crippen LogP contribution in [0.1, 0.15) is 31.2 Å². The fourth-order valence-electron chi connectivity index (χ4n) is 2.93. The molecule has 1 nitrogen and oxygen atoms in total. The number of hydrogen-bond donors (Lipinski definition) is 0. The van der Waals surface area contributed by atoms with E-state index in [0.29, 0.717) is 0 Å². The van der Waals surface area contributed by atoms with Gasteiger partial charge >= 0.3 is 0 Å². The van der Waals surface area contributed by atoms with Gasteiger partial charge in [-0.05, 0) is 52.3 Å². The Balaban J connectivity index is 2.30. The molecule has 0 saturated heterocycles. The standard InChI is InChI=1S/C16H22N/c1-4-14-10-12-16(13-11-14,17(2)3)15-8-6-5-7-9-15/h4-9H,1,10-13H2,2-3H3. The summed E-state index contributed by atoms with van der Waals surface area (Å²) in [5.41, 5.74) is 3.18. The lowest BCUT2D eigenvalue weighted by molar-refractivity contribution is 0.113. The van der Waals surface area contributed by atoms with Crippen LogP contribution in [-0.2, 0) is 5.54 Å². The molecule has 1 aromatic rings. The molecule has 91 valence electrons. The van der Waals surface area contributed by atoms with Crippen LogP contribution < -0.4 is 0 Å². The van der Waals surface area contributed by atoms with Gasteiger partial charge in [-0.25, -0.2) is 0 Å². The molecule has 0 N–H and O–H groups in total. The largest absolute Gasteiger partial charge is 0.300 e. The van der Waals surface area contributed by atoms with Crippen LogP contribution in [0.2, 0.25) is 0 Å². The number of hydrogen-bond acceptors (Lipinski definition) is 1. The van der Waals surface area contributed by atoms with E-state index in [1.54, 1.807) is 0 Å². The molecule has 0 bridgehead atoms. The van der Waals surface area contributed by atoms with Crippen molar-refractivity contribution in [1.29, 1.82) is 0 Å². The smallest absolute Gasteiger partial charge is 0.0460 e. The van der Waals surface area contributed by atoms with Gasteiger partial charge in [-0.15, -0.1) is 0 Å². The quantitative estimate of drug-likeness (QED) is 0.744. The summed E-state index contributed by atoms with van der Waals surface area (Å²) in [6.45, 7) is 3.90. The maximum Gasteiger partial charge on any atom is 0.0460 e. The van der Waals surface area contributed by atoms with E-state index in [-0.39, 0.29) is 5.54 Å². The van der Waals surface area contributed by atoms with Gasteiger partial charge in [-0.2, -0.15) is 0 Å². The van der Waals surface area contributed by atoms with Crippen LogP contribution >= 0.6 is 0 Å². The summed E-state index contributed by atoms with van der Waals surface area (Å²) >= 11 is 0. The Bertz CT molecular complexity index is 379. The van der Waals surface area contributed by atoms with E-state index in [2.05, 4.69) is 56.3 Å². The first kappa shape index (κ1) is 12.4. The monoisotopic (exact) mass is 228 g/mol. The minimum atomic E-state index is 0.216. The molecule has 1 radical (unpaired) electrons. The minimum absolute atomic E-state index is 0.216. The third-order valence-electron chi connectivity index (χ3n) is 4.18. The molecule has 1 aliphatic rings. The maximum absolute atomic E-state index is 3.90. The fourth-order valence-corrected chi connectivity index (χ4v) is 2.93. The van der Waals surface area contributed by atoms with Crippen molar-refractivity contribution in [2.75, 3.05) is 14.1 Å². The van der Waals surface area contributed by atoms with Crippen molar-refractivity contribution in [1.82, 2.24) is 4.90 Å². The van der Waals surface area contributed by atoms with Crippen molar-refractivity contribution in [2.45, 2.75) is 31.2 Å². The van der Waals surface area contributed by atoms with Gasteiger partial charge in [-0.1, -0.05) is 42.0 Å². The van der Waals surface area contributed by atoms with E-state index < -0.39 is 0 Å². The van der Waals surface area contributed by atoms with Gasteiger partial charge in [0.15, 0.2) is 0 Å². The molecule has 1 aromatic carbocycles. The average Bonchev–Trinajstić information content (AvgIpc) is 2.39. The lowest BCUT2D eigenvalue weighted by Gasteiger charge is -2.44. The number of rotatable bonds is 2. The van der Waals surface area contributed by atoms with Crippen LogP contribution in [0.25, 0.3) is 0 Å². The van der Waals surface area contributed by atoms with Crippen molar-refractivity contribution in [3.05, 3.63) is 54.5 Å². The second-order valence-corrected chi connectivity index (χ2v) is 5.15. The highest BCUT2D eigenvalue weighted by Crippen LogP contribution is 2.42. The molecule has 0 amide bonds.